The summed E-state index contributed by atoms with van der Waals surface area (Å²) >= 11 is 0. The van der Waals surface area contributed by atoms with Gasteiger partial charge in [-0.3, -0.25) is 4.79 Å². The van der Waals surface area contributed by atoms with E-state index in [1.54, 1.807) is 6.08 Å². The van der Waals surface area contributed by atoms with Crippen LogP contribution in [0.2, 0.25) is 0 Å². The van der Waals surface area contributed by atoms with Crippen molar-refractivity contribution >= 4 is 17.8 Å². The number of ether oxygens (including phenoxy) is 1. The first-order chi connectivity index (χ1) is 16.6. The third-order valence-electron chi connectivity index (χ3n) is 6.32. The molecular weight excluding hydrogens is 424 g/mol. The molecule has 2 aliphatic heterocycles. The van der Waals surface area contributed by atoms with E-state index >= 15 is 0 Å². The topological polar surface area (TPSA) is 58.6 Å². The van der Waals surface area contributed by atoms with E-state index in [4.69, 9.17) is 14.7 Å². The number of fused-ring (bicyclic) bond motifs is 1. The molecule has 3 heterocycles. The molecule has 6 heteroatoms. The molecule has 0 unspecified atom stereocenters. The van der Waals surface area contributed by atoms with Crippen molar-refractivity contribution in [2.24, 2.45) is 0 Å². The van der Waals surface area contributed by atoms with Gasteiger partial charge in [0.05, 0.1) is 24.4 Å². The molecular formula is C28H30N4O2. The van der Waals surface area contributed by atoms with Gasteiger partial charge < -0.3 is 14.5 Å². The summed E-state index contributed by atoms with van der Waals surface area (Å²) in [6, 6.07) is 20.0. The van der Waals surface area contributed by atoms with Gasteiger partial charge in [0.1, 0.15) is 5.82 Å². The highest BCUT2D eigenvalue weighted by Crippen LogP contribution is 2.31. The summed E-state index contributed by atoms with van der Waals surface area (Å²) in [5.41, 5.74) is 4.10. The molecule has 2 aliphatic rings. The highest BCUT2D eigenvalue weighted by molar-refractivity contribution is 5.92. The van der Waals surface area contributed by atoms with Crippen molar-refractivity contribution in [3.05, 3.63) is 83.6 Å². The van der Waals surface area contributed by atoms with Crippen LogP contribution in [-0.2, 0) is 22.5 Å². The molecule has 0 aliphatic carbocycles. The van der Waals surface area contributed by atoms with Crippen molar-refractivity contribution in [1.82, 2.24) is 14.9 Å². The molecule has 1 aromatic heterocycles. The number of hydrogen-bond acceptors (Lipinski definition) is 5. The van der Waals surface area contributed by atoms with Crippen molar-refractivity contribution in [2.45, 2.75) is 39.0 Å². The van der Waals surface area contributed by atoms with E-state index in [9.17, 15) is 4.79 Å². The van der Waals surface area contributed by atoms with E-state index in [0.717, 1.165) is 47.1 Å². The molecule has 2 aromatic carbocycles. The maximum absolute atomic E-state index is 13.0. The van der Waals surface area contributed by atoms with Gasteiger partial charge in [-0.05, 0) is 25.5 Å². The zero-order chi connectivity index (χ0) is 23.5. The fourth-order valence-corrected chi connectivity index (χ4v) is 4.75. The lowest BCUT2D eigenvalue weighted by Gasteiger charge is -2.38. The highest BCUT2D eigenvalue weighted by Gasteiger charge is 2.30. The van der Waals surface area contributed by atoms with Crippen molar-refractivity contribution in [1.29, 1.82) is 0 Å². The maximum atomic E-state index is 13.0. The van der Waals surface area contributed by atoms with E-state index in [1.165, 1.54) is 0 Å². The summed E-state index contributed by atoms with van der Waals surface area (Å²) in [5, 5.41) is 0. The first-order valence-electron chi connectivity index (χ1n) is 11.9. The number of benzene rings is 2. The minimum atomic E-state index is 0.0105. The third-order valence-corrected chi connectivity index (χ3v) is 6.32. The molecule has 0 saturated carbocycles. The van der Waals surface area contributed by atoms with Gasteiger partial charge >= 0.3 is 0 Å². The van der Waals surface area contributed by atoms with Crippen LogP contribution in [0.5, 0.6) is 0 Å². The number of carbonyl (C=O) groups excluding carboxylic acids is 1. The monoisotopic (exact) mass is 454 g/mol. The standard InChI is InChI=1S/C28H30N4O2/c1-20-17-32(18-21(2)34-20)28-24-19-31(26(33)14-13-22-9-5-3-6-10-22)16-15-25(24)29-27(30-28)23-11-7-4-8-12-23/h3-14,20-21H,15-19H2,1-2H3/b14-13+/t20-,21+. The van der Waals surface area contributed by atoms with Gasteiger partial charge in [-0.15, -0.1) is 0 Å². The van der Waals surface area contributed by atoms with Crippen molar-refractivity contribution in [2.75, 3.05) is 24.5 Å². The van der Waals surface area contributed by atoms with E-state index in [2.05, 4.69) is 18.7 Å². The fourth-order valence-electron chi connectivity index (χ4n) is 4.75. The summed E-state index contributed by atoms with van der Waals surface area (Å²) < 4.78 is 5.97. The Morgan fingerprint density at radius 1 is 0.971 bits per heavy atom. The molecule has 34 heavy (non-hydrogen) atoms. The number of nitrogens with zero attached hydrogens (tertiary/aromatic N) is 4. The second-order valence-corrected chi connectivity index (χ2v) is 9.08. The van der Waals surface area contributed by atoms with Crippen molar-refractivity contribution in [3.8, 4) is 11.4 Å². The van der Waals surface area contributed by atoms with E-state index < -0.39 is 0 Å². The average Bonchev–Trinajstić information content (AvgIpc) is 2.87. The Labute approximate surface area is 200 Å². The number of morpholine rings is 1. The quantitative estimate of drug-likeness (QED) is 0.549. The SMILES string of the molecule is C[C@@H]1CN(c2nc(-c3ccccc3)nc3c2CN(C(=O)/C=C/c2ccccc2)CC3)C[C@H](C)O1. The lowest BCUT2D eigenvalue weighted by Crippen LogP contribution is -2.47. The Balaban J connectivity index is 1.47. The van der Waals surface area contributed by atoms with Crippen LogP contribution in [0, 0.1) is 0 Å². The van der Waals surface area contributed by atoms with E-state index in [0.29, 0.717) is 19.5 Å². The number of amides is 1. The molecule has 6 nitrogen and oxygen atoms in total. The largest absolute Gasteiger partial charge is 0.372 e. The molecule has 3 aromatic rings. The molecule has 2 atom stereocenters. The Bertz CT molecular complexity index is 1170. The van der Waals surface area contributed by atoms with Crippen molar-refractivity contribution < 1.29 is 9.53 Å². The van der Waals surface area contributed by atoms with Gasteiger partial charge in [-0.25, -0.2) is 9.97 Å². The minimum Gasteiger partial charge on any atom is -0.372 e. The van der Waals surface area contributed by atoms with Crippen LogP contribution < -0.4 is 4.90 Å². The zero-order valence-electron chi connectivity index (χ0n) is 19.7. The summed E-state index contributed by atoms with van der Waals surface area (Å²) in [6.07, 6.45) is 4.48. The summed E-state index contributed by atoms with van der Waals surface area (Å²) in [5.74, 6) is 1.68. The van der Waals surface area contributed by atoms with Crippen LogP contribution in [0.3, 0.4) is 0 Å². The smallest absolute Gasteiger partial charge is 0.246 e. The van der Waals surface area contributed by atoms with Gasteiger partial charge in [-0.1, -0.05) is 60.7 Å². The molecule has 0 radical (unpaired) electrons. The molecule has 5 rings (SSSR count). The Morgan fingerprint density at radius 2 is 1.65 bits per heavy atom. The fraction of sp³-hybridized carbons (Fsp3) is 0.321. The molecule has 174 valence electrons. The average molecular weight is 455 g/mol. The predicted molar refractivity (Wildman–Crippen MR) is 134 cm³/mol. The Morgan fingerprint density at radius 3 is 2.35 bits per heavy atom. The maximum Gasteiger partial charge on any atom is 0.246 e. The number of hydrogen-bond donors (Lipinski definition) is 0. The molecule has 0 N–H and O–H groups in total. The summed E-state index contributed by atoms with van der Waals surface area (Å²) in [4.78, 5) is 27.2. The molecule has 0 spiro atoms. The van der Waals surface area contributed by atoms with Crippen LogP contribution >= 0.6 is 0 Å². The lowest BCUT2D eigenvalue weighted by molar-refractivity contribution is -0.126. The van der Waals surface area contributed by atoms with Crippen LogP contribution in [-0.4, -0.2) is 52.6 Å². The summed E-state index contributed by atoms with van der Waals surface area (Å²) in [6.45, 7) is 6.88. The summed E-state index contributed by atoms with van der Waals surface area (Å²) in [7, 11) is 0. The van der Waals surface area contributed by atoms with Crippen LogP contribution in [0.1, 0.15) is 30.7 Å². The van der Waals surface area contributed by atoms with Crippen LogP contribution in [0.15, 0.2) is 66.7 Å². The molecule has 1 fully saturated rings. The number of carbonyl (C=O) groups is 1. The number of anilines is 1. The molecule has 0 bridgehead atoms. The minimum absolute atomic E-state index is 0.0105. The first kappa shape index (κ1) is 22.3. The van der Waals surface area contributed by atoms with Gasteiger partial charge in [0.15, 0.2) is 5.82 Å². The first-order valence-corrected chi connectivity index (χ1v) is 11.9. The lowest BCUT2D eigenvalue weighted by atomic mass is 10.0. The predicted octanol–water partition coefficient (Wildman–Crippen LogP) is 4.36. The van der Waals surface area contributed by atoms with Gasteiger partial charge in [0, 0.05) is 43.3 Å². The van der Waals surface area contributed by atoms with Crippen LogP contribution in [0.4, 0.5) is 5.82 Å². The van der Waals surface area contributed by atoms with Crippen molar-refractivity contribution in [3.63, 3.8) is 0 Å². The van der Waals surface area contributed by atoms with Gasteiger partial charge in [0.2, 0.25) is 5.91 Å². The van der Waals surface area contributed by atoms with Crippen LogP contribution in [0.25, 0.3) is 17.5 Å². The second kappa shape index (κ2) is 9.77. The molecule has 1 saturated heterocycles. The number of rotatable bonds is 4. The van der Waals surface area contributed by atoms with Gasteiger partial charge in [0.25, 0.3) is 0 Å². The highest BCUT2D eigenvalue weighted by atomic mass is 16.5. The van der Waals surface area contributed by atoms with E-state index in [1.807, 2.05) is 71.6 Å². The Hall–Kier alpha value is -3.51. The molecule has 1 amide bonds. The second-order valence-electron chi connectivity index (χ2n) is 9.08. The van der Waals surface area contributed by atoms with E-state index in [-0.39, 0.29) is 18.1 Å². The van der Waals surface area contributed by atoms with Gasteiger partial charge in [-0.2, -0.15) is 0 Å². The Kier molecular flexibility index (Phi) is 6.41. The normalized spacial score (nSPS) is 20.4. The number of aromatic nitrogens is 2. The zero-order valence-corrected chi connectivity index (χ0v) is 19.7. The third kappa shape index (κ3) is 4.87.